The highest BCUT2D eigenvalue weighted by Crippen LogP contribution is 2.24. The number of rotatable bonds is 2. The van der Waals surface area contributed by atoms with Gasteiger partial charge in [-0.2, -0.15) is 0 Å². The molecule has 16 heavy (non-hydrogen) atoms. The number of sulfonamides is 1. The summed E-state index contributed by atoms with van der Waals surface area (Å²) in [5, 5.41) is 9.45. The van der Waals surface area contributed by atoms with Gasteiger partial charge in [-0.3, -0.25) is 0 Å². The maximum absolute atomic E-state index is 11.0. The highest BCUT2D eigenvalue weighted by molar-refractivity contribution is 7.88. The van der Waals surface area contributed by atoms with Crippen molar-refractivity contribution in [3.8, 4) is 0 Å². The molecular formula is C10H12N2O3S. The molecule has 0 spiro atoms. The van der Waals surface area contributed by atoms with E-state index in [2.05, 4.69) is 5.16 Å². The maximum atomic E-state index is 11.0. The van der Waals surface area contributed by atoms with Gasteiger partial charge in [-0.05, 0) is 31.0 Å². The summed E-state index contributed by atoms with van der Waals surface area (Å²) in [6, 6.07) is 3.80. The van der Waals surface area contributed by atoms with Crippen LogP contribution >= 0.6 is 0 Å². The Hall–Kier alpha value is -1.40. The lowest BCUT2D eigenvalue weighted by atomic mass is 10.1. The lowest BCUT2D eigenvalue weighted by Crippen LogP contribution is -2.14. The van der Waals surface area contributed by atoms with Gasteiger partial charge in [0.1, 0.15) is 11.4 Å². The highest BCUT2D eigenvalue weighted by Gasteiger charge is 2.15. The first-order valence-electron chi connectivity index (χ1n) is 4.73. The smallest absolute Gasteiger partial charge is 0.214 e. The second-order valence-electron chi connectivity index (χ2n) is 3.89. The summed E-state index contributed by atoms with van der Waals surface area (Å²) in [6.07, 6.45) is 0. The van der Waals surface area contributed by atoms with Crippen LogP contribution in [0.2, 0.25) is 0 Å². The van der Waals surface area contributed by atoms with Crippen LogP contribution in [0.15, 0.2) is 16.7 Å². The standard InChI is InChI=1S/C10H12N2O3S/c1-6-3-7(2)10-8(4-6)9(12-15-10)5-16(11,13)14/h3-4H,5H2,1-2H3,(H2,11,13,14). The van der Waals surface area contributed by atoms with Gasteiger partial charge in [-0.1, -0.05) is 11.2 Å². The van der Waals surface area contributed by atoms with Crippen molar-refractivity contribution in [2.45, 2.75) is 19.6 Å². The number of hydrogen-bond acceptors (Lipinski definition) is 4. The molecule has 0 radical (unpaired) electrons. The van der Waals surface area contributed by atoms with Gasteiger partial charge in [0.05, 0.1) is 0 Å². The Bertz CT molecular complexity index is 643. The second kappa shape index (κ2) is 3.57. The number of benzene rings is 1. The third-order valence-electron chi connectivity index (χ3n) is 2.31. The Labute approximate surface area is 93.3 Å². The minimum absolute atomic E-state index is 0.303. The topological polar surface area (TPSA) is 86.2 Å². The van der Waals surface area contributed by atoms with Crippen molar-refractivity contribution in [3.63, 3.8) is 0 Å². The number of aromatic nitrogens is 1. The normalized spacial score (nSPS) is 12.2. The molecule has 0 aliphatic heterocycles. The molecule has 0 saturated heterocycles. The van der Waals surface area contributed by atoms with Crippen molar-refractivity contribution >= 4 is 21.0 Å². The summed E-state index contributed by atoms with van der Waals surface area (Å²) < 4.78 is 27.1. The number of nitrogens with two attached hydrogens (primary N) is 1. The molecule has 0 saturated carbocycles. The van der Waals surface area contributed by atoms with E-state index in [9.17, 15) is 8.42 Å². The molecule has 0 aliphatic carbocycles. The lowest BCUT2D eigenvalue weighted by molar-refractivity contribution is 0.447. The minimum Gasteiger partial charge on any atom is -0.356 e. The third-order valence-corrected chi connectivity index (χ3v) is 2.99. The SMILES string of the molecule is Cc1cc(C)c2onc(CS(N)(=O)=O)c2c1. The van der Waals surface area contributed by atoms with Gasteiger partial charge in [0.15, 0.2) is 5.58 Å². The molecule has 86 valence electrons. The molecule has 5 nitrogen and oxygen atoms in total. The molecule has 2 N–H and O–H groups in total. The Kier molecular flexibility index (Phi) is 2.47. The Balaban J connectivity index is 2.65. The van der Waals surface area contributed by atoms with Crippen LogP contribution in [0.5, 0.6) is 0 Å². The van der Waals surface area contributed by atoms with Crippen molar-refractivity contribution in [3.05, 3.63) is 29.0 Å². The molecular weight excluding hydrogens is 228 g/mol. The average molecular weight is 240 g/mol. The van der Waals surface area contributed by atoms with Crippen LogP contribution in [0.25, 0.3) is 11.0 Å². The fourth-order valence-corrected chi connectivity index (χ4v) is 2.32. The molecule has 0 unspecified atom stereocenters. The van der Waals surface area contributed by atoms with E-state index < -0.39 is 10.0 Å². The molecule has 2 rings (SSSR count). The van der Waals surface area contributed by atoms with Crippen LogP contribution in [0, 0.1) is 13.8 Å². The van der Waals surface area contributed by atoms with Crippen LogP contribution in [0.1, 0.15) is 16.8 Å². The molecule has 0 amide bonds. The van der Waals surface area contributed by atoms with Gasteiger partial charge in [0, 0.05) is 5.39 Å². The maximum Gasteiger partial charge on any atom is 0.214 e. The molecule has 0 aliphatic rings. The summed E-state index contributed by atoms with van der Waals surface area (Å²) in [5.41, 5.74) is 2.94. The first-order chi connectivity index (χ1) is 7.37. The number of nitrogens with zero attached hydrogens (tertiary/aromatic N) is 1. The van der Waals surface area contributed by atoms with Crippen molar-refractivity contribution in [1.29, 1.82) is 0 Å². The second-order valence-corrected chi connectivity index (χ2v) is 5.51. The summed E-state index contributed by atoms with van der Waals surface area (Å²) in [5.74, 6) is -0.303. The molecule has 0 atom stereocenters. The van der Waals surface area contributed by atoms with Gasteiger partial charge < -0.3 is 4.52 Å². The third kappa shape index (κ3) is 2.07. The van der Waals surface area contributed by atoms with Crippen LogP contribution in [0.3, 0.4) is 0 Å². The molecule has 6 heteroatoms. The van der Waals surface area contributed by atoms with Crippen LogP contribution in [-0.2, 0) is 15.8 Å². The molecule has 1 aromatic carbocycles. The summed E-state index contributed by atoms with van der Waals surface area (Å²) in [6.45, 7) is 3.82. The quantitative estimate of drug-likeness (QED) is 0.855. The molecule has 2 aromatic rings. The van der Waals surface area contributed by atoms with E-state index in [0.29, 0.717) is 16.7 Å². The largest absolute Gasteiger partial charge is 0.356 e. The number of aryl methyl sites for hydroxylation is 2. The molecule has 0 fully saturated rings. The predicted octanol–water partition coefficient (Wildman–Crippen LogP) is 1.23. The number of fused-ring (bicyclic) bond motifs is 1. The number of hydrogen-bond donors (Lipinski definition) is 1. The van der Waals surface area contributed by atoms with Crippen molar-refractivity contribution in [1.82, 2.24) is 5.16 Å². The van der Waals surface area contributed by atoms with Gasteiger partial charge in [-0.15, -0.1) is 0 Å². The minimum atomic E-state index is -3.59. The first-order valence-corrected chi connectivity index (χ1v) is 6.44. The molecule has 0 bridgehead atoms. The summed E-state index contributed by atoms with van der Waals surface area (Å²) in [4.78, 5) is 0. The van der Waals surface area contributed by atoms with Crippen molar-refractivity contribution < 1.29 is 12.9 Å². The Morgan fingerprint density at radius 2 is 2.06 bits per heavy atom. The van der Waals surface area contributed by atoms with Gasteiger partial charge in [0.25, 0.3) is 0 Å². The highest BCUT2D eigenvalue weighted by atomic mass is 32.2. The Morgan fingerprint density at radius 1 is 1.38 bits per heavy atom. The lowest BCUT2D eigenvalue weighted by Gasteiger charge is -1.98. The van der Waals surface area contributed by atoms with E-state index in [4.69, 9.17) is 9.66 Å². The number of primary sulfonamides is 1. The van der Waals surface area contributed by atoms with E-state index in [0.717, 1.165) is 11.1 Å². The zero-order chi connectivity index (χ0) is 11.9. The first kappa shape index (κ1) is 11.1. The fraction of sp³-hybridized carbons (Fsp3) is 0.300. The van der Waals surface area contributed by atoms with Crippen LogP contribution in [0.4, 0.5) is 0 Å². The summed E-state index contributed by atoms with van der Waals surface area (Å²) in [7, 11) is -3.59. The monoisotopic (exact) mass is 240 g/mol. The van der Waals surface area contributed by atoms with Crippen molar-refractivity contribution in [2.75, 3.05) is 0 Å². The van der Waals surface area contributed by atoms with Crippen LogP contribution in [-0.4, -0.2) is 13.6 Å². The van der Waals surface area contributed by atoms with Gasteiger partial charge >= 0.3 is 0 Å². The average Bonchev–Trinajstić information content (AvgIpc) is 2.46. The Morgan fingerprint density at radius 3 is 2.69 bits per heavy atom. The zero-order valence-corrected chi connectivity index (χ0v) is 9.84. The van der Waals surface area contributed by atoms with E-state index in [-0.39, 0.29) is 5.75 Å². The summed E-state index contributed by atoms with van der Waals surface area (Å²) >= 11 is 0. The van der Waals surface area contributed by atoms with E-state index in [1.54, 1.807) is 0 Å². The molecule has 1 aromatic heterocycles. The van der Waals surface area contributed by atoms with Gasteiger partial charge in [-0.25, -0.2) is 13.6 Å². The van der Waals surface area contributed by atoms with Gasteiger partial charge in [0.2, 0.25) is 10.0 Å². The zero-order valence-electron chi connectivity index (χ0n) is 9.02. The fourth-order valence-electron chi connectivity index (χ4n) is 1.73. The van der Waals surface area contributed by atoms with Crippen LogP contribution < -0.4 is 5.14 Å². The van der Waals surface area contributed by atoms with E-state index in [1.807, 2.05) is 26.0 Å². The molecule has 1 heterocycles. The van der Waals surface area contributed by atoms with E-state index in [1.165, 1.54) is 0 Å². The van der Waals surface area contributed by atoms with E-state index >= 15 is 0 Å². The predicted molar refractivity (Wildman–Crippen MR) is 60.3 cm³/mol. The van der Waals surface area contributed by atoms with Crippen molar-refractivity contribution in [2.24, 2.45) is 5.14 Å².